The third-order valence-electron chi connectivity index (χ3n) is 2.20. The smallest absolute Gasteiger partial charge is 0.118 e. The molecule has 0 aromatic heterocycles. The SMILES string of the molecule is CCN(C)C.CCc1ccc(OC)cc1. The predicted octanol–water partition coefficient (Wildman–Crippen LogP) is 2.83. The maximum absolute atomic E-state index is 5.01. The number of hydrogen-bond donors (Lipinski definition) is 0. The molecule has 0 amide bonds. The van der Waals surface area contributed by atoms with Crippen molar-refractivity contribution in [1.29, 1.82) is 0 Å². The zero-order valence-electron chi connectivity index (χ0n) is 10.6. The van der Waals surface area contributed by atoms with Crippen LogP contribution in [0.1, 0.15) is 19.4 Å². The first-order valence-electron chi connectivity index (χ1n) is 5.41. The zero-order valence-corrected chi connectivity index (χ0v) is 10.6. The van der Waals surface area contributed by atoms with E-state index in [9.17, 15) is 0 Å². The monoisotopic (exact) mass is 209 g/mol. The van der Waals surface area contributed by atoms with Gasteiger partial charge in [-0.15, -0.1) is 0 Å². The molecular formula is C13H23NO. The molecule has 0 unspecified atom stereocenters. The van der Waals surface area contributed by atoms with Gasteiger partial charge in [-0.2, -0.15) is 0 Å². The summed E-state index contributed by atoms with van der Waals surface area (Å²) in [4.78, 5) is 2.12. The quantitative estimate of drug-likeness (QED) is 0.759. The summed E-state index contributed by atoms with van der Waals surface area (Å²) in [6, 6.07) is 8.13. The van der Waals surface area contributed by atoms with Gasteiger partial charge in [0.1, 0.15) is 5.75 Å². The Morgan fingerprint density at radius 3 is 1.80 bits per heavy atom. The number of benzene rings is 1. The van der Waals surface area contributed by atoms with Gasteiger partial charge in [0.15, 0.2) is 0 Å². The van der Waals surface area contributed by atoms with Crippen LogP contribution < -0.4 is 4.74 Å². The summed E-state index contributed by atoms with van der Waals surface area (Å²) in [6.45, 7) is 5.40. The highest BCUT2D eigenvalue weighted by molar-refractivity contribution is 5.26. The first-order valence-corrected chi connectivity index (χ1v) is 5.41. The summed E-state index contributed by atoms with van der Waals surface area (Å²) in [5.74, 6) is 0.928. The fraction of sp³-hybridized carbons (Fsp3) is 0.538. The molecule has 1 aromatic carbocycles. The molecule has 0 aliphatic rings. The lowest BCUT2D eigenvalue weighted by atomic mass is 10.2. The van der Waals surface area contributed by atoms with Crippen LogP contribution in [0.4, 0.5) is 0 Å². The van der Waals surface area contributed by atoms with Crippen molar-refractivity contribution in [2.75, 3.05) is 27.7 Å². The topological polar surface area (TPSA) is 12.5 Å². The van der Waals surface area contributed by atoms with Crippen LogP contribution in [-0.4, -0.2) is 32.6 Å². The summed E-state index contributed by atoms with van der Waals surface area (Å²) < 4.78 is 5.01. The molecule has 1 aromatic rings. The number of hydrogen-bond acceptors (Lipinski definition) is 2. The summed E-state index contributed by atoms with van der Waals surface area (Å²) in [7, 11) is 5.79. The van der Waals surface area contributed by atoms with Crippen LogP contribution in [0, 0.1) is 0 Å². The van der Waals surface area contributed by atoms with Gasteiger partial charge in [0.25, 0.3) is 0 Å². The van der Waals surface area contributed by atoms with Gasteiger partial charge < -0.3 is 9.64 Å². The summed E-state index contributed by atoms with van der Waals surface area (Å²) in [5, 5.41) is 0. The van der Waals surface area contributed by atoms with E-state index in [1.54, 1.807) is 7.11 Å². The lowest BCUT2D eigenvalue weighted by Gasteiger charge is -2.00. The standard InChI is InChI=1S/C9H12O.C4H11N/c1-3-8-4-6-9(10-2)7-5-8;1-4-5(2)3/h4-7H,3H2,1-2H3;4H2,1-3H3. The van der Waals surface area contributed by atoms with E-state index in [0.717, 1.165) is 18.7 Å². The molecule has 0 aliphatic carbocycles. The summed E-state index contributed by atoms with van der Waals surface area (Å²) in [5.41, 5.74) is 1.35. The Morgan fingerprint density at radius 1 is 1.07 bits per heavy atom. The van der Waals surface area contributed by atoms with Crippen molar-refractivity contribution >= 4 is 0 Å². The molecule has 0 fully saturated rings. The molecule has 1 rings (SSSR count). The number of methoxy groups -OCH3 is 1. The van der Waals surface area contributed by atoms with Crippen LogP contribution in [-0.2, 0) is 6.42 Å². The second kappa shape index (κ2) is 8.30. The first kappa shape index (κ1) is 14.0. The van der Waals surface area contributed by atoms with Crippen molar-refractivity contribution in [3.05, 3.63) is 29.8 Å². The highest BCUT2D eigenvalue weighted by Gasteiger charge is 1.89. The zero-order chi connectivity index (χ0) is 11.7. The van der Waals surface area contributed by atoms with Gasteiger partial charge in [0.05, 0.1) is 7.11 Å². The van der Waals surface area contributed by atoms with E-state index < -0.39 is 0 Å². The van der Waals surface area contributed by atoms with Crippen molar-refractivity contribution in [3.8, 4) is 5.75 Å². The van der Waals surface area contributed by atoms with Gasteiger partial charge in [-0.05, 0) is 44.8 Å². The molecule has 0 radical (unpaired) electrons. The molecule has 0 N–H and O–H groups in total. The predicted molar refractivity (Wildman–Crippen MR) is 66.6 cm³/mol. The van der Waals surface area contributed by atoms with E-state index in [1.165, 1.54) is 5.56 Å². The summed E-state index contributed by atoms with van der Waals surface area (Å²) in [6.07, 6.45) is 1.09. The van der Waals surface area contributed by atoms with Crippen LogP contribution in [0.25, 0.3) is 0 Å². The second-order valence-corrected chi connectivity index (χ2v) is 3.60. The van der Waals surface area contributed by atoms with Crippen LogP contribution in [0.5, 0.6) is 5.75 Å². The van der Waals surface area contributed by atoms with Crippen molar-refractivity contribution in [1.82, 2.24) is 4.90 Å². The number of nitrogens with zero attached hydrogens (tertiary/aromatic N) is 1. The molecule has 0 aliphatic heterocycles. The van der Waals surface area contributed by atoms with E-state index in [0.29, 0.717) is 0 Å². The Labute approximate surface area is 93.9 Å². The van der Waals surface area contributed by atoms with Gasteiger partial charge in [-0.1, -0.05) is 26.0 Å². The van der Waals surface area contributed by atoms with Gasteiger partial charge in [-0.25, -0.2) is 0 Å². The summed E-state index contributed by atoms with van der Waals surface area (Å²) >= 11 is 0. The Bertz CT molecular complexity index is 218. The average molecular weight is 209 g/mol. The minimum absolute atomic E-state index is 0.928. The fourth-order valence-electron chi connectivity index (χ4n) is 0.861. The van der Waals surface area contributed by atoms with Gasteiger partial charge in [-0.3, -0.25) is 0 Å². The van der Waals surface area contributed by atoms with Crippen LogP contribution in [0.2, 0.25) is 0 Å². The molecule has 0 spiro atoms. The Balaban J connectivity index is 0.000000336. The maximum Gasteiger partial charge on any atom is 0.118 e. The molecule has 86 valence electrons. The van der Waals surface area contributed by atoms with E-state index in [-0.39, 0.29) is 0 Å². The van der Waals surface area contributed by atoms with E-state index >= 15 is 0 Å². The molecule has 0 saturated carbocycles. The molecule has 0 atom stereocenters. The van der Waals surface area contributed by atoms with Crippen molar-refractivity contribution < 1.29 is 4.74 Å². The Morgan fingerprint density at radius 2 is 1.53 bits per heavy atom. The van der Waals surface area contributed by atoms with Gasteiger partial charge in [0.2, 0.25) is 0 Å². The molecule has 2 nitrogen and oxygen atoms in total. The Hall–Kier alpha value is -1.02. The van der Waals surface area contributed by atoms with Crippen LogP contribution in [0.15, 0.2) is 24.3 Å². The van der Waals surface area contributed by atoms with Gasteiger partial charge >= 0.3 is 0 Å². The molecule has 15 heavy (non-hydrogen) atoms. The van der Waals surface area contributed by atoms with E-state index in [4.69, 9.17) is 4.74 Å². The fourth-order valence-corrected chi connectivity index (χ4v) is 0.861. The second-order valence-electron chi connectivity index (χ2n) is 3.60. The maximum atomic E-state index is 5.01. The normalized spacial score (nSPS) is 9.47. The number of ether oxygens (including phenoxy) is 1. The van der Waals surface area contributed by atoms with E-state index in [1.807, 2.05) is 12.1 Å². The Kier molecular flexibility index (Phi) is 7.74. The van der Waals surface area contributed by atoms with Gasteiger partial charge in [0, 0.05) is 0 Å². The average Bonchev–Trinajstić information content (AvgIpc) is 2.30. The van der Waals surface area contributed by atoms with Crippen LogP contribution in [0.3, 0.4) is 0 Å². The highest BCUT2D eigenvalue weighted by atomic mass is 16.5. The van der Waals surface area contributed by atoms with Crippen LogP contribution >= 0.6 is 0 Å². The largest absolute Gasteiger partial charge is 0.497 e. The molecule has 2 heteroatoms. The number of aryl methyl sites for hydroxylation is 1. The highest BCUT2D eigenvalue weighted by Crippen LogP contribution is 2.10. The molecule has 0 saturated heterocycles. The van der Waals surface area contributed by atoms with E-state index in [2.05, 4.69) is 45.0 Å². The van der Waals surface area contributed by atoms with Crippen molar-refractivity contribution in [3.63, 3.8) is 0 Å². The lowest BCUT2D eigenvalue weighted by molar-refractivity contribution is 0.414. The molecular weight excluding hydrogens is 186 g/mol. The minimum Gasteiger partial charge on any atom is -0.497 e. The molecule has 0 bridgehead atoms. The third kappa shape index (κ3) is 6.97. The third-order valence-corrected chi connectivity index (χ3v) is 2.20. The first-order chi connectivity index (χ1) is 7.13. The van der Waals surface area contributed by atoms with Crippen molar-refractivity contribution in [2.45, 2.75) is 20.3 Å². The van der Waals surface area contributed by atoms with Crippen molar-refractivity contribution in [2.24, 2.45) is 0 Å². The number of rotatable bonds is 3. The minimum atomic E-state index is 0.928. The lowest BCUT2D eigenvalue weighted by Crippen LogP contribution is -2.08. The molecule has 0 heterocycles.